The summed E-state index contributed by atoms with van der Waals surface area (Å²) in [5.74, 6) is 0.928. The standard InChI is InChI=1S/C14H9N3O/c15-8-10-2-1-3-13(6-10)18-14-5-4-12(17)7-11(14)9-16/h1-7H,17H2. The number of nitriles is 2. The molecule has 0 amide bonds. The molecule has 2 aromatic carbocycles. The molecule has 0 heterocycles. The van der Waals surface area contributed by atoms with Crippen molar-refractivity contribution in [1.29, 1.82) is 10.5 Å². The van der Waals surface area contributed by atoms with Gasteiger partial charge in [0.25, 0.3) is 0 Å². The van der Waals surface area contributed by atoms with E-state index in [1.165, 1.54) is 0 Å². The lowest BCUT2D eigenvalue weighted by Gasteiger charge is -2.07. The van der Waals surface area contributed by atoms with Crippen molar-refractivity contribution in [3.05, 3.63) is 53.6 Å². The van der Waals surface area contributed by atoms with Crippen molar-refractivity contribution in [2.24, 2.45) is 0 Å². The first-order valence-corrected chi connectivity index (χ1v) is 5.20. The van der Waals surface area contributed by atoms with E-state index in [4.69, 9.17) is 21.0 Å². The van der Waals surface area contributed by atoms with E-state index in [0.29, 0.717) is 28.3 Å². The first-order chi connectivity index (χ1) is 8.72. The fourth-order valence-electron chi connectivity index (χ4n) is 1.48. The molecule has 2 aromatic rings. The van der Waals surface area contributed by atoms with Gasteiger partial charge in [-0.2, -0.15) is 10.5 Å². The van der Waals surface area contributed by atoms with Crippen LogP contribution < -0.4 is 10.5 Å². The molecule has 2 rings (SSSR count). The van der Waals surface area contributed by atoms with Gasteiger partial charge in [-0.15, -0.1) is 0 Å². The van der Waals surface area contributed by atoms with E-state index in [2.05, 4.69) is 0 Å². The number of nitrogens with two attached hydrogens (primary N) is 1. The van der Waals surface area contributed by atoms with Crippen molar-refractivity contribution >= 4 is 5.69 Å². The molecule has 4 nitrogen and oxygen atoms in total. The molecule has 0 saturated heterocycles. The zero-order valence-electron chi connectivity index (χ0n) is 9.42. The van der Waals surface area contributed by atoms with Gasteiger partial charge in [0.2, 0.25) is 0 Å². The monoisotopic (exact) mass is 235 g/mol. The molecule has 18 heavy (non-hydrogen) atoms. The Morgan fingerprint density at radius 3 is 2.56 bits per heavy atom. The summed E-state index contributed by atoms with van der Waals surface area (Å²) in [5.41, 5.74) is 6.96. The summed E-state index contributed by atoms with van der Waals surface area (Å²) in [5, 5.41) is 17.8. The van der Waals surface area contributed by atoms with Gasteiger partial charge in [-0.05, 0) is 36.4 Å². The largest absolute Gasteiger partial charge is 0.456 e. The summed E-state index contributed by atoms with van der Waals surface area (Å²) in [4.78, 5) is 0. The molecule has 0 bridgehead atoms. The molecule has 0 atom stereocenters. The first-order valence-electron chi connectivity index (χ1n) is 5.20. The highest BCUT2D eigenvalue weighted by atomic mass is 16.5. The van der Waals surface area contributed by atoms with Gasteiger partial charge in [-0.1, -0.05) is 6.07 Å². The molecule has 0 radical (unpaired) electrons. The molecule has 86 valence electrons. The Morgan fingerprint density at radius 1 is 1.00 bits per heavy atom. The van der Waals surface area contributed by atoms with Crippen molar-refractivity contribution in [2.75, 3.05) is 5.73 Å². The summed E-state index contributed by atoms with van der Waals surface area (Å²) in [6.07, 6.45) is 0. The summed E-state index contributed by atoms with van der Waals surface area (Å²) in [7, 11) is 0. The third-order valence-corrected chi connectivity index (χ3v) is 2.32. The van der Waals surface area contributed by atoms with Gasteiger partial charge in [-0.25, -0.2) is 0 Å². The van der Waals surface area contributed by atoms with E-state index in [-0.39, 0.29) is 0 Å². The Balaban J connectivity index is 2.35. The summed E-state index contributed by atoms with van der Waals surface area (Å²) < 4.78 is 5.57. The quantitative estimate of drug-likeness (QED) is 0.811. The third kappa shape index (κ3) is 2.40. The summed E-state index contributed by atoms with van der Waals surface area (Å²) in [6, 6.07) is 15.6. The maximum atomic E-state index is 8.98. The maximum absolute atomic E-state index is 8.98. The minimum Gasteiger partial charge on any atom is -0.456 e. The fraction of sp³-hybridized carbons (Fsp3) is 0. The SMILES string of the molecule is N#Cc1cccc(Oc2ccc(N)cc2C#N)c1. The molecule has 4 heteroatoms. The molecule has 0 unspecified atom stereocenters. The Labute approximate surface area is 104 Å². The van der Waals surface area contributed by atoms with Crippen LogP contribution in [-0.2, 0) is 0 Å². The molecular weight excluding hydrogens is 226 g/mol. The Bertz CT molecular complexity index is 665. The van der Waals surface area contributed by atoms with Gasteiger partial charge in [-0.3, -0.25) is 0 Å². The lowest BCUT2D eigenvalue weighted by molar-refractivity contribution is 0.481. The van der Waals surface area contributed by atoms with Crippen molar-refractivity contribution in [3.8, 4) is 23.6 Å². The fourth-order valence-corrected chi connectivity index (χ4v) is 1.48. The number of ether oxygens (including phenoxy) is 1. The number of anilines is 1. The van der Waals surface area contributed by atoms with Crippen molar-refractivity contribution in [1.82, 2.24) is 0 Å². The lowest BCUT2D eigenvalue weighted by Crippen LogP contribution is -1.91. The number of nitrogens with zero attached hydrogens (tertiary/aromatic N) is 2. The highest BCUT2D eigenvalue weighted by Crippen LogP contribution is 2.26. The van der Waals surface area contributed by atoms with Crippen molar-refractivity contribution in [3.63, 3.8) is 0 Å². The minimum absolute atomic E-state index is 0.359. The summed E-state index contributed by atoms with van der Waals surface area (Å²) in [6.45, 7) is 0. The van der Waals surface area contributed by atoms with Crippen LogP contribution in [-0.4, -0.2) is 0 Å². The molecule has 0 spiro atoms. The highest BCUT2D eigenvalue weighted by Gasteiger charge is 2.05. The van der Waals surface area contributed by atoms with Crippen LogP contribution in [0.5, 0.6) is 11.5 Å². The number of hydrogen-bond acceptors (Lipinski definition) is 4. The second-order valence-corrected chi connectivity index (χ2v) is 3.61. The lowest BCUT2D eigenvalue weighted by atomic mass is 10.2. The molecule has 0 aliphatic carbocycles. The van der Waals surface area contributed by atoms with Crippen molar-refractivity contribution in [2.45, 2.75) is 0 Å². The van der Waals surface area contributed by atoms with E-state index >= 15 is 0 Å². The van der Waals surface area contributed by atoms with E-state index in [0.717, 1.165) is 0 Å². The normalized spacial score (nSPS) is 9.22. The van der Waals surface area contributed by atoms with Gasteiger partial charge in [0, 0.05) is 5.69 Å². The minimum atomic E-state index is 0.359. The van der Waals surface area contributed by atoms with Gasteiger partial charge < -0.3 is 10.5 Å². The highest BCUT2D eigenvalue weighted by molar-refractivity contribution is 5.54. The molecule has 0 saturated carbocycles. The average Bonchev–Trinajstić information content (AvgIpc) is 2.41. The molecule has 0 fully saturated rings. The van der Waals surface area contributed by atoms with Crippen LogP contribution in [0.25, 0.3) is 0 Å². The van der Waals surface area contributed by atoms with Crippen LogP contribution in [0, 0.1) is 22.7 Å². The number of nitrogen functional groups attached to an aromatic ring is 1. The Kier molecular flexibility index (Phi) is 3.13. The van der Waals surface area contributed by atoms with Gasteiger partial charge >= 0.3 is 0 Å². The third-order valence-electron chi connectivity index (χ3n) is 2.32. The van der Waals surface area contributed by atoms with Crippen LogP contribution in [0.15, 0.2) is 42.5 Å². The van der Waals surface area contributed by atoms with Crippen LogP contribution >= 0.6 is 0 Å². The van der Waals surface area contributed by atoms with Crippen LogP contribution in [0.3, 0.4) is 0 Å². The van der Waals surface area contributed by atoms with Gasteiger partial charge in [0.15, 0.2) is 0 Å². The van der Waals surface area contributed by atoms with Crippen LogP contribution in [0.4, 0.5) is 5.69 Å². The Morgan fingerprint density at radius 2 is 1.83 bits per heavy atom. The van der Waals surface area contributed by atoms with Gasteiger partial charge in [0.1, 0.15) is 17.6 Å². The van der Waals surface area contributed by atoms with E-state index in [1.807, 2.05) is 12.1 Å². The van der Waals surface area contributed by atoms with Crippen molar-refractivity contribution < 1.29 is 4.74 Å². The smallest absolute Gasteiger partial charge is 0.145 e. The van der Waals surface area contributed by atoms with E-state index in [1.54, 1.807) is 42.5 Å². The molecule has 2 N–H and O–H groups in total. The predicted octanol–water partition coefficient (Wildman–Crippen LogP) is 2.80. The molecule has 0 aliphatic heterocycles. The first kappa shape index (κ1) is 11.5. The van der Waals surface area contributed by atoms with Crippen LogP contribution in [0.2, 0.25) is 0 Å². The zero-order chi connectivity index (χ0) is 13.0. The topological polar surface area (TPSA) is 82.8 Å². The van der Waals surface area contributed by atoms with E-state index < -0.39 is 0 Å². The number of rotatable bonds is 2. The number of hydrogen-bond donors (Lipinski definition) is 1. The predicted molar refractivity (Wildman–Crippen MR) is 66.8 cm³/mol. The Hall–Kier alpha value is -2.98. The van der Waals surface area contributed by atoms with Gasteiger partial charge in [0.05, 0.1) is 17.2 Å². The molecule has 0 aromatic heterocycles. The zero-order valence-corrected chi connectivity index (χ0v) is 9.42. The second-order valence-electron chi connectivity index (χ2n) is 3.61. The molecular formula is C14H9N3O. The van der Waals surface area contributed by atoms with Crippen LogP contribution in [0.1, 0.15) is 11.1 Å². The van der Waals surface area contributed by atoms with E-state index in [9.17, 15) is 0 Å². The second kappa shape index (κ2) is 4.90. The number of benzene rings is 2. The maximum Gasteiger partial charge on any atom is 0.145 e. The molecule has 0 aliphatic rings. The average molecular weight is 235 g/mol. The summed E-state index contributed by atoms with van der Waals surface area (Å²) >= 11 is 0.